The Morgan fingerprint density at radius 3 is 2.67 bits per heavy atom. The summed E-state index contributed by atoms with van der Waals surface area (Å²) in [4.78, 5) is 24.6. The number of methoxy groups -OCH3 is 1. The summed E-state index contributed by atoms with van der Waals surface area (Å²) in [7, 11) is 1.62. The average molecular weight is 324 g/mol. The molecule has 1 atom stereocenters. The van der Waals surface area contributed by atoms with Crippen molar-refractivity contribution in [1.29, 1.82) is 0 Å². The molecule has 112 valence electrons. The number of thioether (sulfide) groups is 1. The molecule has 21 heavy (non-hydrogen) atoms. The number of carbonyl (C=O) groups excluding carboxylic acids is 1. The van der Waals surface area contributed by atoms with Gasteiger partial charge in [0.15, 0.2) is 5.78 Å². The molecule has 4 nitrogen and oxygen atoms in total. The van der Waals surface area contributed by atoms with E-state index in [-0.39, 0.29) is 12.2 Å². The summed E-state index contributed by atoms with van der Waals surface area (Å²) in [6.07, 6.45) is 1.99. The molecule has 6 heteroatoms. The van der Waals surface area contributed by atoms with Gasteiger partial charge in [-0.25, -0.2) is 0 Å². The van der Waals surface area contributed by atoms with Crippen LogP contribution in [0.4, 0.5) is 0 Å². The predicted molar refractivity (Wildman–Crippen MR) is 85.9 cm³/mol. The highest BCUT2D eigenvalue weighted by Gasteiger charge is 2.19. The molecule has 0 aliphatic carbocycles. The largest absolute Gasteiger partial charge is 0.496 e. The minimum atomic E-state index is -0.948. The summed E-state index contributed by atoms with van der Waals surface area (Å²) < 4.78 is 6.34. The molecule has 1 unspecified atom stereocenters. The summed E-state index contributed by atoms with van der Waals surface area (Å²) in [6, 6.07) is 5.72. The van der Waals surface area contributed by atoms with Gasteiger partial charge < -0.3 is 9.84 Å². The van der Waals surface area contributed by atoms with Crippen LogP contribution in [0.15, 0.2) is 23.1 Å². The van der Waals surface area contributed by atoms with Crippen molar-refractivity contribution in [2.45, 2.75) is 18.2 Å². The maximum absolute atomic E-state index is 12.1. The normalized spacial score (nSPS) is 12.3. The molecule has 0 bridgehead atoms. The number of thiophene rings is 1. The molecular formula is C15H16O4S2. The number of carboxylic acid groups (broad SMARTS) is 1. The Hall–Kier alpha value is -1.53. The first-order valence-corrected chi connectivity index (χ1v) is 8.42. The van der Waals surface area contributed by atoms with Gasteiger partial charge in [0.05, 0.1) is 22.8 Å². The van der Waals surface area contributed by atoms with Crippen LogP contribution in [0.5, 0.6) is 5.75 Å². The summed E-state index contributed by atoms with van der Waals surface area (Å²) in [5.41, 5.74) is 0. The van der Waals surface area contributed by atoms with Crippen molar-refractivity contribution in [1.82, 2.24) is 0 Å². The van der Waals surface area contributed by atoms with Gasteiger partial charge in [0, 0.05) is 11.1 Å². The van der Waals surface area contributed by atoms with Crippen molar-refractivity contribution in [2.75, 3.05) is 13.4 Å². The molecule has 1 N–H and O–H groups in total. The van der Waals surface area contributed by atoms with E-state index in [1.807, 2.05) is 24.5 Å². The van der Waals surface area contributed by atoms with Crippen LogP contribution in [-0.2, 0) is 4.79 Å². The number of hydrogen-bond donors (Lipinski definition) is 1. The molecule has 0 saturated carbocycles. The molecule has 2 rings (SSSR count). The Labute approximate surface area is 131 Å². The van der Waals surface area contributed by atoms with E-state index in [9.17, 15) is 9.59 Å². The summed E-state index contributed by atoms with van der Waals surface area (Å²) in [6.45, 7) is 1.54. The molecular weight excluding hydrogens is 308 g/mol. The van der Waals surface area contributed by atoms with Crippen LogP contribution in [0.1, 0.15) is 23.0 Å². The molecule has 0 aliphatic heterocycles. The lowest BCUT2D eigenvalue weighted by Gasteiger charge is -2.05. The van der Waals surface area contributed by atoms with Crippen molar-refractivity contribution < 1.29 is 19.4 Å². The standard InChI is InChI=1S/C15H16O4S2/c1-8(15(17)18)4-10(16)13-6-9-5-11(19-2)14(20-3)7-12(9)21-13/h5-8H,4H2,1-3H3,(H,17,18). The SMILES string of the molecule is COc1cc2cc(C(=O)CC(C)C(=O)O)sc2cc1SC. The van der Waals surface area contributed by atoms with Gasteiger partial charge in [0.1, 0.15) is 5.75 Å². The van der Waals surface area contributed by atoms with Gasteiger partial charge in [-0.05, 0) is 29.8 Å². The van der Waals surface area contributed by atoms with Gasteiger partial charge in [-0.3, -0.25) is 9.59 Å². The Morgan fingerprint density at radius 1 is 1.38 bits per heavy atom. The number of carbonyl (C=O) groups is 2. The van der Waals surface area contributed by atoms with Crippen molar-refractivity contribution in [3.8, 4) is 5.75 Å². The van der Waals surface area contributed by atoms with Crippen LogP contribution in [0.3, 0.4) is 0 Å². The average Bonchev–Trinajstić information content (AvgIpc) is 2.88. The Bertz CT molecular complexity index is 649. The third kappa shape index (κ3) is 3.39. The van der Waals surface area contributed by atoms with Gasteiger partial charge in [-0.15, -0.1) is 23.1 Å². The summed E-state index contributed by atoms with van der Waals surface area (Å²) in [5, 5.41) is 9.83. The lowest BCUT2D eigenvalue weighted by molar-refractivity contribution is -0.141. The van der Waals surface area contributed by atoms with Gasteiger partial charge in [0.2, 0.25) is 0 Å². The lowest BCUT2D eigenvalue weighted by atomic mass is 10.0. The molecule has 0 spiro atoms. The lowest BCUT2D eigenvalue weighted by Crippen LogP contribution is -2.13. The Kier molecular flexibility index (Phi) is 4.90. The van der Waals surface area contributed by atoms with E-state index in [4.69, 9.17) is 9.84 Å². The van der Waals surface area contributed by atoms with Crippen molar-refractivity contribution in [3.63, 3.8) is 0 Å². The van der Waals surface area contributed by atoms with E-state index >= 15 is 0 Å². The predicted octanol–water partition coefficient (Wildman–Crippen LogP) is 3.93. The number of carboxylic acids is 1. The monoisotopic (exact) mass is 324 g/mol. The van der Waals surface area contributed by atoms with Crippen LogP contribution in [-0.4, -0.2) is 30.2 Å². The number of aliphatic carboxylic acids is 1. The minimum absolute atomic E-state index is 0.0225. The van der Waals surface area contributed by atoms with E-state index < -0.39 is 11.9 Å². The van der Waals surface area contributed by atoms with Gasteiger partial charge in [-0.1, -0.05) is 6.92 Å². The topological polar surface area (TPSA) is 63.6 Å². The first-order chi connectivity index (χ1) is 9.96. The number of Topliss-reactive ketones (excluding diaryl/α,β-unsaturated/α-hetero) is 1. The van der Waals surface area contributed by atoms with Crippen LogP contribution < -0.4 is 4.74 Å². The van der Waals surface area contributed by atoms with Crippen molar-refractivity contribution >= 4 is 44.9 Å². The second-order valence-electron chi connectivity index (χ2n) is 4.72. The molecule has 1 aromatic heterocycles. The molecule has 0 amide bonds. The molecule has 0 radical (unpaired) electrons. The van der Waals surface area contributed by atoms with E-state index in [1.54, 1.807) is 25.8 Å². The maximum atomic E-state index is 12.1. The zero-order valence-electron chi connectivity index (χ0n) is 12.0. The van der Waals surface area contributed by atoms with Crippen molar-refractivity contribution in [2.24, 2.45) is 5.92 Å². The quantitative estimate of drug-likeness (QED) is 0.644. The van der Waals surface area contributed by atoms with Gasteiger partial charge in [0.25, 0.3) is 0 Å². The number of rotatable bonds is 6. The van der Waals surface area contributed by atoms with Crippen LogP contribution in [0, 0.1) is 5.92 Å². The van der Waals surface area contributed by atoms with Crippen LogP contribution in [0.25, 0.3) is 10.1 Å². The number of benzene rings is 1. The van der Waals surface area contributed by atoms with Gasteiger partial charge >= 0.3 is 5.97 Å². The maximum Gasteiger partial charge on any atom is 0.306 e. The first kappa shape index (κ1) is 15.9. The van der Waals surface area contributed by atoms with E-state index in [0.29, 0.717) is 4.88 Å². The zero-order valence-corrected chi connectivity index (χ0v) is 13.6. The Morgan fingerprint density at radius 2 is 2.10 bits per heavy atom. The number of ketones is 1. The van der Waals surface area contributed by atoms with E-state index in [1.165, 1.54) is 11.3 Å². The second-order valence-corrected chi connectivity index (χ2v) is 6.65. The van der Waals surface area contributed by atoms with Crippen molar-refractivity contribution in [3.05, 3.63) is 23.1 Å². The molecule has 0 saturated heterocycles. The molecule has 1 aromatic carbocycles. The highest BCUT2D eigenvalue weighted by atomic mass is 32.2. The fourth-order valence-corrected chi connectivity index (χ4v) is 3.66. The highest BCUT2D eigenvalue weighted by Crippen LogP contribution is 2.36. The smallest absolute Gasteiger partial charge is 0.306 e. The van der Waals surface area contributed by atoms with Crippen LogP contribution in [0.2, 0.25) is 0 Å². The minimum Gasteiger partial charge on any atom is -0.496 e. The summed E-state index contributed by atoms with van der Waals surface area (Å²) in [5.74, 6) is -0.962. The molecule has 1 heterocycles. The molecule has 0 fully saturated rings. The third-order valence-electron chi connectivity index (χ3n) is 3.21. The van der Waals surface area contributed by atoms with Crippen LogP contribution >= 0.6 is 23.1 Å². The van der Waals surface area contributed by atoms with Gasteiger partial charge in [-0.2, -0.15) is 0 Å². The Balaban J connectivity index is 2.34. The fourth-order valence-electron chi connectivity index (χ4n) is 1.97. The van der Waals surface area contributed by atoms with E-state index in [2.05, 4.69) is 0 Å². The number of ether oxygens (including phenoxy) is 1. The fraction of sp³-hybridized carbons (Fsp3) is 0.333. The molecule has 0 aliphatic rings. The highest BCUT2D eigenvalue weighted by molar-refractivity contribution is 7.98. The number of hydrogen-bond acceptors (Lipinski definition) is 5. The molecule has 2 aromatic rings. The summed E-state index contributed by atoms with van der Waals surface area (Å²) >= 11 is 2.98. The first-order valence-electron chi connectivity index (χ1n) is 6.37. The second kappa shape index (κ2) is 6.49. The number of fused-ring (bicyclic) bond motifs is 1. The third-order valence-corrected chi connectivity index (χ3v) is 5.11. The van der Waals surface area contributed by atoms with E-state index in [0.717, 1.165) is 20.7 Å². The zero-order chi connectivity index (χ0) is 15.6.